The zero-order chi connectivity index (χ0) is 21.8. The van der Waals surface area contributed by atoms with Gasteiger partial charge in [0.15, 0.2) is 0 Å². The zero-order valence-corrected chi connectivity index (χ0v) is 17.4. The van der Waals surface area contributed by atoms with Gasteiger partial charge in [-0.25, -0.2) is 5.48 Å². The summed E-state index contributed by atoms with van der Waals surface area (Å²) in [5, 5.41) is 13.2. The van der Waals surface area contributed by atoms with Crippen molar-refractivity contribution in [3.8, 4) is 0 Å². The molecule has 0 aliphatic carbocycles. The molecule has 1 amide bonds. The normalized spacial score (nSPS) is 19.7. The number of aryl methyl sites for hydroxylation is 1. The van der Waals surface area contributed by atoms with Crippen LogP contribution in [0, 0.1) is 11.8 Å². The minimum atomic E-state index is -0.566. The van der Waals surface area contributed by atoms with Crippen LogP contribution in [0.15, 0.2) is 59.8 Å². The Bertz CT molecular complexity index is 1100. The number of likely N-dealkylation sites (tertiary alicyclic amines) is 1. The number of benzene rings is 2. The van der Waals surface area contributed by atoms with Crippen LogP contribution in [0.1, 0.15) is 34.7 Å². The summed E-state index contributed by atoms with van der Waals surface area (Å²) >= 11 is 0. The second-order valence-corrected chi connectivity index (χ2v) is 8.15. The summed E-state index contributed by atoms with van der Waals surface area (Å²) in [6.45, 7) is 4.35. The van der Waals surface area contributed by atoms with Crippen LogP contribution in [-0.2, 0) is 11.3 Å². The summed E-state index contributed by atoms with van der Waals surface area (Å²) in [6.07, 6.45) is 3.67. The van der Waals surface area contributed by atoms with Gasteiger partial charge in [-0.15, -0.1) is 0 Å². The number of H-pyrrole nitrogens is 1. The second kappa shape index (κ2) is 9.24. The number of rotatable bonds is 6. The van der Waals surface area contributed by atoms with Crippen molar-refractivity contribution in [2.45, 2.75) is 31.8 Å². The number of hydroxylamine groups is 1. The third-order valence-corrected chi connectivity index (χ3v) is 5.93. The molecule has 2 unspecified atom stereocenters. The summed E-state index contributed by atoms with van der Waals surface area (Å²) in [5.41, 5.74) is 7.14. The number of nitrogens with one attached hydrogen (secondary N) is 2. The van der Waals surface area contributed by atoms with Gasteiger partial charge >= 0.3 is 0 Å². The van der Waals surface area contributed by atoms with Crippen molar-refractivity contribution in [3.05, 3.63) is 81.9 Å². The van der Waals surface area contributed by atoms with Crippen molar-refractivity contribution in [1.29, 1.82) is 0 Å². The Hall–Kier alpha value is -3.29. The molecule has 160 valence electrons. The number of nitrogens with zero attached hydrogens (tertiary/aromatic N) is 2. The van der Waals surface area contributed by atoms with Crippen LogP contribution in [0.3, 0.4) is 0 Å². The van der Waals surface area contributed by atoms with Gasteiger partial charge in [0.1, 0.15) is 6.04 Å². The number of aromatic nitrogens is 1. The Kier molecular flexibility index (Phi) is 6.25. The highest BCUT2D eigenvalue weighted by molar-refractivity contribution is 5.90. The molecule has 3 N–H and O–H groups in total. The summed E-state index contributed by atoms with van der Waals surface area (Å²) in [6, 6.07) is 16.0. The van der Waals surface area contributed by atoms with Crippen LogP contribution in [-0.4, -0.2) is 40.1 Å². The van der Waals surface area contributed by atoms with E-state index >= 15 is 0 Å². The van der Waals surface area contributed by atoms with Crippen LogP contribution in [0.4, 0.5) is 0 Å². The molecule has 3 aromatic rings. The summed E-state index contributed by atoms with van der Waals surface area (Å²) in [5.74, 6) is -0.324. The van der Waals surface area contributed by atoms with Crippen molar-refractivity contribution in [3.63, 3.8) is 0 Å². The fraction of sp³-hybridized carbons (Fsp3) is 0.292. The highest BCUT2D eigenvalue weighted by atomic mass is 16.5. The molecule has 2 atom stereocenters. The van der Waals surface area contributed by atoms with E-state index in [9.17, 15) is 9.70 Å². The van der Waals surface area contributed by atoms with E-state index in [4.69, 9.17) is 5.21 Å². The first-order valence-corrected chi connectivity index (χ1v) is 10.4. The van der Waals surface area contributed by atoms with E-state index in [0.717, 1.165) is 41.8 Å². The zero-order valence-electron chi connectivity index (χ0n) is 17.4. The number of fused-ring (bicyclic) bond motifs is 1. The molecule has 7 nitrogen and oxygen atoms in total. The van der Waals surface area contributed by atoms with Crippen LogP contribution in [0.2, 0.25) is 0 Å². The molecule has 1 aliphatic rings. The molecule has 0 spiro atoms. The van der Waals surface area contributed by atoms with Gasteiger partial charge in [0, 0.05) is 48.2 Å². The lowest BCUT2D eigenvalue weighted by molar-refractivity contribution is -0.124. The van der Waals surface area contributed by atoms with E-state index < -0.39 is 5.91 Å². The Morgan fingerprint density at radius 2 is 2.00 bits per heavy atom. The minimum absolute atomic E-state index is 0.231. The predicted molar refractivity (Wildman–Crippen MR) is 121 cm³/mol. The maximum atomic E-state index is 11.5. The Labute approximate surface area is 180 Å². The standard InChI is InChI=1S/C24H26N4O3/c1-16-24(21-4-2-3-5-22(21)25-16)19-12-20(26-30)15-28(14-19)13-18-8-6-17(7-9-18)10-11-23(29)27-31/h2-11,19-20,25,31H,12-15H2,1H3,(H,27,29). The fourth-order valence-corrected chi connectivity index (χ4v) is 4.60. The van der Waals surface area contributed by atoms with E-state index in [-0.39, 0.29) is 12.0 Å². The Morgan fingerprint density at radius 1 is 1.23 bits per heavy atom. The molecule has 1 aliphatic heterocycles. The molecular weight excluding hydrogens is 392 g/mol. The largest absolute Gasteiger partial charge is 0.358 e. The first-order chi connectivity index (χ1) is 15.1. The molecule has 0 bridgehead atoms. The maximum absolute atomic E-state index is 11.5. The van der Waals surface area contributed by atoms with Crippen LogP contribution in [0.5, 0.6) is 0 Å². The molecule has 0 saturated carbocycles. The minimum Gasteiger partial charge on any atom is -0.358 e. The molecule has 2 aromatic carbocycles. The number of hydrogen-bond acceptors (Lipinski definition) is 5. The van der Waals surface area contributed by atoms with Gasteiger partial charge in [-0.3, -0.25) is 14.9 Å². The van der Waals surface area contributed by atoms with Crippen molar-refractivity contribution in [2.24, 2.45) is 5.18 Å². The molecule has 31 heavy (non-hydrogen) atoms. The van der Waals surface area contributed by atoms with Gasteiger partial charge in [0.05, 0.1) is 0 Å². The molecule has 1 saturated heterocycles. The number of hydrogen-bond donors (Lipinski definition) is 3. The number of aromatic amines is 1. The topological polar surface area (TPSA) is 97.8 Å². The van der Waals surface area contributed by atoms with Gasteiger partial charge in [-0.05, 0) is 42.2 Å². The quantitative estimate of drug-likeness (QED) is 0.243. The van der Waals surface area contributed by atoms with Gasteiger partial charge in [0.2, 0.25) is 0 Å². The average molecular weight is 418 g/mol. The molecule has 7 heteroatoms. The Morgan fingerprint density at radius 3 is 2.74 bits per heavy atom. The van der Waals surface area contributed by atoms with Crippen molar-refractivity contribution in [2.75, 3.05) is 13.1 Å². The van der Waals surface area contributed by atoms with Crippen LogP contribution < -0.4 is 5.48 Å². The average Bonchev–Trinajstić information content (AvgIpc) is 3.13. The van der Waals surface area contributed by atoms with Gasteiger partial charge < -0.3 is 4.98 Å². The van der Waals surface area contributed by atoms with E-state index in [1.165, 1.54) is 17.0 Å². The summed E-state index contributed by atoms with van der Waals surface area (Å²) in [7, 11) is 0. The third-order valence-electron chi connectivity index (χ3n) is 5.93. The second-order valence-electron chi connectivity index (χ2n) is 8.15. The van der Waals surface area contributed by atoms with E-state index in [2.05, 4.69) is 40.2 Å². The lowest BCUT2D eigenvalue weighted by Crippen LogP contribution is -2.41. The lowest BCUT2D eigenvalue weighted by Gasteiger charge is -2.35. The first-order valence-electron chi connectivity index (χ1n) is 10.4. The molecule has 1 aromatic heterocycles. The van der Waals surface area contributed by atoms with Crippen LogP contribution >= 0.6 is 0 Å². The monoisotopic (exact) mass is 418 g/mol. The van der Waals surface area contributed by atoms with E-state index in [0.29, 0.717) is 6.54 Å². The lowest BCUT2D eigenvalue weighted by atomic mass is 9.86. The van der Waals surface area contributed by atoms with E-state index in [1.807, 2.05) is 30.3 Å². The highest BCUT2D eigenvalue weighted by Crippen LogP contribution is 2.36. The third kappa shape index (κ3) is 4.73. The number of nitroso groups, excluding NO2 is 1. The number of piperidine rings is 1. The predicted octanol–water partition coefficient (Wildman–Crippen LogP) is 4.12. The first kappa shape index (κ1) is 21.0. The Balaban J connectivity index is 1.51. The van der Waals surface area contributed by atoms with Gasteiger partial charge in [0.25, 0.3) is 5.91 Å². The number of amides is 1. The van der Waals surface area contributed by atoms with E-state index in [1.54, 1.807) is 11.6 Å². The van der Waals surface area contributed by atoms with Crippen molar-refractivity contribution in [1.82, 2.24) is 15.4 Å². The molecule has 1 fully saturated rings. The SMILES string of the molecule is Cc1[nH]c2ccccc2c1C1CC(N=O)CN(Cc2ccc(C=CC(=O)NO)cc2)C1. The van der Waals surface area contributed by atoms with Crippen molar-refractivity contribution < 1.29 is 10.0 Å². The highest BCUT2D eigenvalue weighted by Gasteiger charge is 2.31. The summed E-state index contributed by atoms with van der Waals surface area (Å²) < 4.78 is 0. The van der Waals surface area contributed by atoms with Gasteiger partial charge in [-0.1, -0.05) is 47.6 Å². The molecular formula is C24H26N4O3. The number of carbonyl (C=O) groups is 1. The smallest absolute Gasteiger partial charge is 0.267 e. The van der Waals surface area contributed by atoms with Crippen LogP contribution in [0.25, 0.3) is 17.0 Å². The van der Waals surface area contributed by atoms with Crippen molar-refractivity contribution >= 4 is 22.9 Å². The number of carbonyl (C=O) groups excluding carboxylic acids is 1. The summed E-state index contributed by atoms with van der Waals surface area (Å²) in [4.78, 5) is 28.4. The molecule has 0 radical (unpaired) electrons. The number of para-hydroxylation sites is 1. The van der Waals surface area contributed by atoms with Gasteiger partial charge in [-0.2, -0.15) is 4.91 Å². The molecule has 4 rings (SSSR count). The molecule has 2 heterocycles. The maximum Gasteiger partial charge on any atom is 0.267 e. The fourth-order valence-electron chi connectivity index (χ4n) is 4.60.